The van der Waals surface area contributed by atoms with Gasteiger partial charge in [-0.1, -0.05) is 42.5 Å². The maximum Gasteiger partial charge on any atom is 0.326 e. The first-order valence-electron chi connectivity index (χ1n) is 9.22. The molecule has 1 aliphatic rings. The van der Waals surface area contributed by atoms with Crippen LogP contribution in [-0.2, 0) is 22.4 Å². The van der Waals surface area contributed by atoms with Gasteiger partial charge >= 0.3 is 5.97 Å². The molecule has 0 radical (unpaired) electrons. The Balaban J connectivity index is 1.65. The van der Waals surface area contributed by atoms with Crippen LogP contribution < -0.4 is 16.4 Å². The van der Waals surface area contributed by atoms with E-state index in [4.69, 9.17) is 5.73 Å². The van der Waals surface area contributed by atoms with Crippen molar-refractivity contribution in [2.45, 2.75) is 37.8 Å². The standard InChI is InChI=1S/C21H25N3O3/c22-11-3-4-14-7-9-15(10-8-14)12-20(25)24-18-13-19(21(26)27)23-17-6-2-1-5-16(17)18/h1-2,5-10,18-19,23H,3-4,11-13,22H2,(H,24,25)(H,26,27)/t18-,19+/m0/s1. The van der Waals surface area contributed by atoms with E-state index in [0.717, 1.165) is 29.7 Å². The van der Waals surface area contributed by atoms with Crippen molar-refractivity contribution in [2.75, 3.05) is 11.9 Å². The number of carbonyl (C=O) groups excluding carboxylic acids is 1. The molecule has 0 saturated carbocycles. The number of para-hydroxylation sites is 1. The number of hydrogen-bond acceptors (Lipinski definition) is 4. The fraction of sp³-hybridized carbons (Fsp3) is 0.333. The molecule has 142 valence electrons. The summed E-state index contributed by atoms with van der Waals surface area (Å²) >= 11 is 0. The fourth-order valence-electron chi connectivity index (χ4n) is 3.40. The molecule has 0 spiro atoms. The molecule has 1 heterocycles. The highest BCUT2D eigenvalue weighted by Gasteiger charge is 2.31. The third kappa shape index (κ3) is 4.86. The van der Waals surface area contributed by atoms with Gasteiger partial charge in [-0.2, -0.15) is 0 Å². The van der Waals surface area contributed by atoms with Gasteiger partial charge in [0.1, 0.15) is 6.04 Å². The lowest BCUT2D eigenvalue weighted by Gasteiger charge is -2.31. The Hall–Kier alpha value is -2.86. The maximum atomic E-state index is 12.5. The molecule has 0 unspecified atom stereocenters. The van der Waals surface area contributed by atoms with Gasteiger partial charge in [-0.05, 0) is 42.1 Å². The first kappa shape index (κ1) is 18.9. The average Bonchev–Trinajstić information content (AvgIpc) is 2.67. The average molecular weight is 367 g/mol. The van der Waals surface area contributed by atoms with E-state index in [1.54, 1.807) is 0 Å². The molecule has 2 aromatic rings. The van der Waals surface area contributed by atoms with Crippen molar-refractivity contribution in [3.63, 3.8) is 0 Å². The molecule has 0 saturated heterocycles. The van der Waals surface area contributed by atoms with E-state index in [9.17, 15) is 14.7 Å². The summed E-state index contributed by atoms with van der Waals surface area (Å²) in [7, 11) is 0. The van der Waals surface area contributed by atoms with Crippen LogP contribution in [0.15, 0.2) is 48.5 Å². The number of carbonyl (C=O) groups is 2. The van der Waals surface area contributed by atoms with E-state index < -0.39 is 12.0 Å². The Morgan fingerprint density at radius 2 is 1.81 bits per heavy atom. The third-order valence-electron chi connectivity index (χ3n) is 4.83. The van der Waals surface area contributed by atoms with Crippen LogP contribution in [0.2, 0.25) is 0 Å². The Labute approximate surface area is 158 Å². The topological polar surface area (TPSA) is 104 Å². The fourth-order valence-corrected chi connectivity index (χ4v) is 3.40. The van der Waals surface area contributed by atoms with Crippen molar-refractivity contribution in [3.8, 4) is 0 Å². The number of rotatable bonds is 7. The summed E-state index contributed by atoms with van der Waals surface area (Å²) in [4.78, 5) is 23.9. The van der Waals surface area contributed by atoms with Crippen molar-refractivity contribution in [1.82, 2.24) is 5.32 Å². The van der Waals surface area contributed by atoms with Gasteiger partial charge < -0.3 is 21.5 Å². The number of aliphatic carboxylic acids is 1. The van der Waals surface area contributed by atoms with E-state index in [2.05, 4.69) is 10.6 Å². The molecule has 1 amide bonds. The van der Waals surface area contributed by atoms with Gasteiger partial charge in [0.15, 0.2) is 0 Å². The van der Waals surface area contributed by atoms with Crippen molar-refractivity contribution >= 4 is 17.6 Å². The van der Waals surface area contributed by atoms with Gasteiger partial charge in [0.2, 0.25) is 5.91 Å². The Morgan fingerprint density at radius 1 is 1.11 bits per heavy atom. The summed E-state index contributed by atoms with van der Waals surface area (Å²) in [6, 6.07) is 14.4. The highest BCUT2D eigenvalue weighted by atomic mass is 16.4. The SMILES string of the molecule is NCCCc1ccc(CC(=O)N[C@H]2C[C@H](C(=O)O)Nc3ccccc32)cc1. The summed E-state index contributed by atoms with van der Waals surface area (Å²) in [5, 5.41) is 15.4. The number of nitrogens with one attached hydrogen (secondary N) is 2. The predicted octanol–water partition coefficient (Wildman–Crippen LogP) is 2.25. The van der Waals surface area contributed by atoms with E-state index in [0.29, 0.717) is 13.0 Å². The summed E-state index contributed by atoms with van der Waals surface area (Å²) in [5.74, 6) is -1.03. The number of carboxylic acid groups (broad SMARTS) is 1. The Kier molecular flexibility index (Phi) is 6.08. The highest BCUT2D eigenvalue weighted by molar-refractivity contribution is 5.82. The highest BCUT2D eigenvalue weighted by Crippen LogP contribution is 2.32. The Morgan fingerprint density at radius 3 is 2.52 bits per heavy atom. The molecule has 0 aromatic heterocycles. The molecule has 0 bridgehead atoms. The van der Waals surface area contributed by atoms with E-state index in [1.807, 2.05) is 48.5 Å². The van der Waals surface area contributed by atoms with Gasteiger partial charge in [-0.3, -0.25) is 4.79 Å². The molecule has 3 rings (SSSR count). The van der Waals surface area contributed by atoms with Gasteiger partial charge in [-0.15, -0.1) is 0 Å². The van der Waals surface area contributed by atoms with E-state index in [1.165, 1.54) is 5.56 Å². The van der Waals surface area contributed by atoms with Gasteiger partial charge in [-0.25, -0.2) is 4.79 Å². The molecular weight excluding hydrogens is 342 g/mol. The van der Waals surface area contributed by atoms with Crippen LogP contribution in [0, 0.1) is 0 Å². The monoisotopic (exact) mass is 367 g/mol. The molecule has 2 aromatic carbocycles. The lowest BCUT2D eigenvalue weighted by molar-refractivity contribution is -0.138. The van der Waals surface area contributed by atoms with Crippen LogP contribution in [0.1, 0.15) is 35.6 Å². The van der Waals surface area contributed by atoms with Crippen LogP contribution in [0.4, 0.5) is 5.69 Å². The van der Waals surface area contributed by atoms with Gasteiger partial charge in [0.05, 0.1) is 12.5 Å². The lowest BCUT2D eigenvalue weighted by Crippen LogP contribution is -2.41. The van der Waals surface area contributed by atoms with Crippen molar-refractivity contribution < 1.29 is 14.7 Å². The molecule has 6 nitrogen and oxygen atoms in total. The van der Waals surface area contributed by atoms with Crippen LogP contribution in [0.5, 0.6) is 0 Å². The minimum absolute atomic E-state index is 0.115. The molecule has 6 heteroatoms. The first-order chi connectivity index (χ1) is 13.1. The molecule has 2 atom stereocenters. The summed E-state index contributed by atoms with van der Waals surface area (Å²) in [6.45, 7) is 0.666. The van der Waals surface area contributed by atoms with Gasteiger partial charge in [0.25, 0.3) is 0 Å². The largest absolute Gasteiger partial charge is 0.480 e. The zero-order valence-corrected chi connectivity index (χ0v) is 15.2. The predicted molar refractivity (Wildman–Crippen MR) is 105 cm³/mol. The van der Waals surface area contributed by atoms with Crippen LogP contribution in [0.3, 0.4) is 0 Å². The zero-order valence-electron chi connectivity index (χ0n) is 15.2. The summed E-state index contributed by atoms with van der Waals surface area (Å²) in [5.41, 5.74) is 9.34. The van der Waals surface area contributed by atoms with Gasteiger partial charge in [0, 0.05) is 12.1 Å². The normalized spacial score (nSPS) is 18.3. The van der Waals surface area contributed by atoms with Crippen molar-refractivity contribution in [3.05, 3.63) is 65.2 Å². The van der Waals surface area contributed by atoms with Crippen molar-refractivity contribution in [2.24, 2.45) is 5.73 Å². The number of carboxylic acids is 1. The number of aryl methyl sites for hydroxylation is 1. The van der Waals surface area contributed by atoms with E-state index in [-0.39, 0.29) is 18.4 Å². The smallest absolute Gasteiger partial charge is 0.326 e. The second-order valence-corrected chi connectivity index (χ2v) is 6.86. The minimum atomic E-state index is -0.920. The number of amides is 1. The molecule has 27 heavy (non-hydrogen) atoms. The quantitative estimate of drug-likeness (QED) is 0.601. The number of hydrogen-bond donors (Lipinski definition) is 4. The van der Waals surface area contributed by atoms with Crippen LogP contribution in [-0.4, -0.2) is 29.6 Å². The minimum Gasteiger partial charge on any atom is -0.480 e. The maximum absolute atomic E-state index is 12.5. The number of fused-ring (bicyclic) bond motifs is 1. The third-order valence-corrected chi connectivity index (χ3v) is 4.83. The van der Waals surface area contributed by atoms with Crippen molar-refractivity contribution in [1.29, 1.82) is 0 Å². The number of benzene rings is 2. The number of nitrogens with two attached hydrogens (primary N) is 1. The molecule has 0 fully saturated rings. The summed E-state index contributed by atoms with van der Waals surface area (Å²) in [6.07, 6.45) is 2.46. The lowest BCUT2D eigenvalue weighted by atomic mass is 9.92. The van der Waals surface area contributed by atoms with Crippen LogP contribution in [0.25, 0.3) is 0 Å². The number of anilines is 1. The van der Waals surface area contributed by atoms with Crippen LogP contribution >= 0.6 is 0 Å². The zero-order chi connectivity index (χ0) is 19.2. The molecule has 0 aliphatic carbocycles. The molecular formula is C21H25N3O3. The Bertz CT molecular complexity index is 805. The first-order valence-corrected chi connectivity index (χ1v) is 9.22. The second kappa shape index (κ2) is 8.68. The van der Waals surface area contributed by atoms with E-state index >= 15 is 0 Å². The molecule has 1 aliphatic heterocycles. The molecule has 5 N–H and O–H groups in total. The summed E-state index contributed by atoms with van der Waals surface area (Å²) < 4.78 is 0. The second-order valence-electron chi connectivity index (χ2n) is 6.86.